The van der Waals surface area contributed by atoms with E-state index >= 15 is 0 Å². The number of phenolic OH excluding ortho intramolecular Hbond substituents is 1. The van der Waals surface area contributed by atoms with Crippen molar-refractivity contribution in [1.82, 2.24) is 4.72 Å². The van der Waals surface area contributed by atoms with Crippen molar-refractivity contribution in [2.24, 2.45) is 5.41 Å². The normalized spacial score (nSPS) is 18.3. The number of hydrogen-bond acceptors (Lipinski definition) is 3. The predicted octanol–water partition coefficient (Wildman–Crippen LogP) is 1.47. The smallest absolute Gasteiger partial charge is 0.240 e. The van der Waals surface area contributed by atoms with Gasteiger partial charge in [-0.05, 0) is 42.5 Å². The molecule has 88 valence electrons. The summed E-state index contributed by atoms with van der Waals surface area (Å²) in [5, 5.41) is 9.08. The van der Waals surface area contributed by atoms with Crippen molar-refractivity contribution in [1.29, 1.82) is 0 Å². The van der Waals surface area contributed by atoms with E-state index in [0.717, 1.165) is 12.8 Å². The molecule has 0 unspecified atom stereocenters. The van der Waals surface area contributed by atoms with Gasteiger partial charge in [-0.1, -0.05) is 6.92 Å². The van der Waals surface area contributed by atoms with Gasteiger partial charge in [0.1, 0.15) is 5.75 Å². The molecule has 0 aromatic heterocycles. The van der Waals surface area contributed by atoms with E-state index in [4.69, 9.17) is 5.11 Å². The number of hydrogen-bond donors (Lipinski definition) is 2. The summed E-state index contributed by atoms with van der Waals surface area (Å²) in [6.45, 7) is 2.54. The fraction of sp³-hybridized carbons (Fsp3) is 0.455. The van der Waals surface area contributed by atoms with Crippen LogP contribution in [-0.2, 0) is 10.0 Å². The number of nitrogens with one attached hydrogen (secondary N) is 1. The lowest BCUT2D eigenvalue weighted by molar-refractivity contribution is 0.474. The van der Waals surface area contributed by atoms with Gasteiger partial charge in [-0.3, -0.25) is 0 Å². The molecule has 0 saturated heterocycles. The average molecular weight is 241 g/mol. The zero-order valence-corrected chi connectivity index (χ0v) is 9.92. The Morgan fingerprint density at radius 3 is 2.38 bits per heavy atom. The predicted molar refractivity (Wildman–Crippen MR) is 60.6 cm³/mol. The summed E-state index contributed by atoms with van der Waals surface area (Å²) in [6, 6.07) is 5.53. The Morgan fingerprint density at radius 1 is 1.31 bits per heavy atom. The van der Waals surface area contributed by atoms with Crippen molar-refractivity contribution < 1.29 is 13.5 Å². The first-order valence-electron chi connectivity index (χ1n) is 5.20. The molecule has 16 heavy (non-hydrogen) atoms. The molecule has 1 fully saturated rings. The lowest BCUT2D eigenvalue weighted by atomic mass is 10.2. The van der Waals surface area contributed by atoms with E-state index in [1.54, 1.807) is 0 Å². The maximum absolute atomic E-state index is 11.8. The van der Waals surface area contributed by atoms with Gasteiger partial charge in [0.15, 0.2) is 0 Å². The maximum atomic E-state index is 11.8. The fourth-order valence-electron chi connectivity index (χ4n) is 1.37. The first-order valence-corrected chi connectivity index (χ1v) is 6.68. The number of rotatable bonds is 4. The number of aromatic hydroxyl groups is 1. The molecule has 1 aliphatic rings. The Labute approximate surface area is 95.4 Å². The second kappa shape index (κ2) is 3.75. The Hall–Kier alpha value is -1.07. The van der Waals surface area contributed by atoms with Crippen molar-refractivity contribution in [3.63, 3.8) is 0 Å². The van der Waals surface area contributed by atoms with E-state index in [1.807, 2.05) is 0 Å². The highest BCUT2D eigenvalue weighted by Crippen LogP contribution is 2.44. The molecule has 1 aliphatic carbocycles. The van der Waals surface area contributed by atoms with E-state index in [9.17, 15) is 8.42 Å². The highest BCUT2D eigenvalue weighted by molar-refractivity contribution is 7.89. The summed E-state index contributed by atoms with van der Waals surface area (Å²) in [4.78, 5) is 0.189. The van der Waals surface area contributed by atoms with Gasteiger partial charge in [-0.25, -0.2) is 13.1 Å². The molecule has 0 amide bonds. The molecule has 4 nitrogen and oxygen atoms in total. The number of sulfonamides is 1. The minimum atomic E-state index is -3.43. The second-order valence-corrected chi connectivity index (χ2v) is 6.40. The van der Waals surface area contributed by atoms with Crippen LogP contribution in [0.5, 0.6) is 5.75 Å². The third-order valence-corrected chi connectivity index (χ3v) is 4.36. The monoisotopic (exact) mass is 241 g/mol. The topological polar surface area (TPSA) is 66.4 Å². The summed E-state index contributed by atoms with van der Waals surface area (Å²) in [7, 11) is -3.43. The molecule has 0 spiro atoms. The molecule has 1 saturated carbocycles. The van der Waals surface area contributed by atoms with Crippen molar-refractivity contribution in [2.75, 3.05) is 6.54 Å². The van der Waals surface area contributed by atoms with Crippen molar-refractivity contribution in [3.8, 4) is 5.75 Å². The zero-order chi connectivity index (χ0) is 11.8. The van der Waals surface area contributed by atoms with Gasteiger partial charge < -0.3 is 5.11 Å². The first-order chi connectivity index (χ1) is 7.41. The van der Waals surface area contributed by atoms with Crippen LogP contribution in [0, 0.1) is 5.41 Å². The molecule has 0 heterocycles. The Morgan fingerprint density at radius 2 is 1.88 bits per heavy atom. The van der Waals surface area contributed by atoms with Crippen LogP contribution in [0.2, 0.25) is 0 Å². The van der Waals surface area contributed by atoms with Crippen LogP contribution in [0.4, 0.5) is 0 Å². The van der Waals surface area contributed by atoms with Gasteiger partial charge in [-0.15, -0.1) is 0 Å². The third kappa shape index (κ3) is 2.54. The number of phenols is 1. The molecule has 5 heteroatoms. The Balaban J connectivity index is 2.09. The van der Waals surface area contributed by atoms with E-state index in [2.05, 4.69) is 11.6 Å². The van der Waals surface area contributed by atoms with Gasteiger partial charge in [-0.2, -0.15) is 0 Å². The summed E-state index contributed by atoms with van der Waals surface area (Å²) in [5.74, 6) is 0.0631. The van der Waals surface area contributed by atoms with Gasteiger partial charge in [0.05, 0.1) is 4.90 Å². The van der Waals surface area contributed by atoms with Crippen LogP contribution in [0.15, 0.2) is 29.2 Å². The third-order valence-electron chi connectivity index (χ3n) is 2.94. The summed E-state index contributed by atoms with van der Waals surface area (Å²) >= 11 is 0. The highest BCUT2D eigenvalue weighted by atomic mass is 32.2. The van der Waals surface area contributed by atoms with Crippen LogP contribution >= 0.6 is 0 Å². The standard InChI is InChI=1S/C11H15NO3S/c1-11(6-7-11)8-12-16(14,15)10-4-2-9(13)3-5-10/h2-5,12-13H,6-8H2,1H3. The molecule has 2 rings (SSSR count). The lowest BCUT2D eigenvalue weighted by Crippen LogP contribution is -2.29. The second-order valence-electron chi connectivity index (χ2n) is 4.63. The molecular formula is C11H15NO3S. The van der Waals surface area contributed by atoms with Crippen LogP contribution in [-0.4, -0.2) is 20.1 Å². The largest absolute Gasteiger partial charge is 0.508 e. The molecule has 0 aliphatic heterocycles. The minimum absolute atomic E-state index is 0.0631. The van der Waals surface area contributed by atoms with Gasteiger partial charge in [0, 0.05) is 6.54 Å². The Kier molecular flexibility index (Phi) is 2.67. The average Bonchev–Trinajstić information content (AvgIpc) is 2.96. The van der Waals surface area contributed by atoms with Crippen molar-refractivity contribution in [3.05, 3.63) is 24.3 Å². The van der Waals surface area contributed by atoms with Gasteiger partial charge in [0.2, 0.25) is 10.0 Å². The summed E-state index contributed by atoms with van der Waals surface area (Å²) in [5.41, 5.74) is 0.143. The maximum Gasteiger partial charge on any atom is 0.240 e. The van der Waals surface area contributed by atoms with Gasteiger partial charge >= 0.3 is 0 Å². The fourth-order valence-corrected chi connectivity index (χ4v) is 2.57. The van der Waals surface area contributed by atoms with E-state index in [1.165, 1.54) is 24.3 Å². The van der Waals surface area contributed by atoms with Crippen molar-refractivity contribution in [2.45, 2.75) is 24.7 Å². The van der Waals surface area contributed by atoms with E-state index in [0.29, 0.717) is 6.54 Å². The zero-order valence-electron chi connectivity index (χ0n) is 9.10. The van der Waals surface area contributed by atoms with Crippen LogP contribution in [0.25, 0.3) is 0 Å². The summed E-state index contributed by atoms with van der Waals surface area (Å²) in [6.07, 6.45) is 2.15. The molecule has 2 N–H and O–H groups in total. The quantitative estimate of drug-likeness (QED) is 0.839. The first kappa shape index (κ1) is 11.4. The molecule has 0 atom stereocenters. The van der Waals surface area contributed by atoms with E-state index in [-0.39, 0.29) is 16.1 Å². The summed E-state index contributed by atoms with van der Waals surface area (Å²) < 4.78 is 26.2. The highest BCUT2D eigenvalue weighted by Gasteiger charge is 2.38. The lowest BCUT2D eigenvalue weighted by Gasteiger charge is -2.10. The van der Waals surface area contributed by atoms with Crippen LogP contribution in [0.1, 0.15) is 19.8 Å². The van der Waals surface area contributed by atoms with Gasteiger partial charge in [0.25, 0.3) is 0 Å². The molecule has 0 bridgehead atoms. The molecule has 0 radical (unpaired) electrons. The van der Waals surface area contributed by atoms with E-state index < -0.39 is 10.0 Å². The van der Waals surface area contributed by atoms with Crippen LogP contribution < -0.4 is 4.72 Å². The minimum Gasteiger partial charge on any atom is -0.508 e. The Bertz CT molecular complexity index is 474. The molecule has 1 aromatic rings. The molecular weight excluding hydrogens is 226 g/mol. The van der Waals surface area contributed by atoms with Crippen LogP contribution in [0.3, 0.4) is 0 Å². The molecule has 1 aromatic carbocycles. The number of benzene rings is 1. The SMILES string of the molecule is CC1(CNS(=O)(=O)c2ccc(O)cc2)CC1. The van der Waals surface area contributed by atoms with Crippen molar-refractivity contribution >= 4 is 10.0 Å².